The molecule has 1 aromatic carbocycles. The molecule has 29 heavy (non-hydrogen) atoms. The van der Waals surface area contributed by atoms with Crippen LogP contribution >= 0.6 is 0 Å². The van der Waals surface area contributed by atoms with E-state index in [0.29, 0.717) is 17.5 Å². The van der Waals surface area contributed by atoms with Crippen molar-refractivity contribution >= 4 is 5.91 Å². The maximum absolute atomic E-state index is 13.4. The summed E-state index contributed by atoms with van der Waals surface area (Å²) in [5.74, 6) is 0.499. The third-order valence-electron chi connectivity index (χ3n) is 6.48. The Morgan fingerprint density at radius 1 is 1.21 bits per heavy atom. The maximum atomic E-state index is 13.4. The lowest BCUT2D eigenvalue weighted by molar-refractivity contribution is 0.0695. The second-order valence-corrected chi connectivity index (χ2v) is 8.44. The quantitative estimate of drug-likeness (QED) is 0.722. The zero-order chi connectivity index (χ0) is 20.4. The third-order valence-corrected chi connectivity index (χ3v) is 6.48. The average Bonchev–Trinajstić information content (AvgIpc) is 3.34. The van der Waals surface area contributed by atoms with E-state index in [1.165, 1.54) is 12.0 Å². The molecule has 0 radical (unpaired) electrons. The highest BCUT2D eigenvalue weighted by Crippen LogP contribution is 2.38. The summed E-state index contributed by atoms with van der Waals surface area (Å²) in [6.07, 6.45) is 5.25. The number of pyridine rings is 1. The predicted octanol–water partition coefficient (Wildman–Crippen LogP) is 3.56. The lowest BCUT2D eigenvalue weighted by atomic mass is 10.1. The number of ether oxygens (including phenoxy) is 1. The molecule has 5 nitrogen and oxygen atoms in total. The van der Waals surface area contributed by atoms with Gasteiger partial charge in [-0.25, -0.2) is 0 Å². The van der Waals surface area contributed by atoms with E-state index in [-0.39, 0.29) is 17.9 Å². The molecule has 1 amide bonds. The van der Waals surface area contributed by atoms with Crippen molar-refractivity contribution in [1.82, 2.24) is 9.47 Å². The smallest absolute Gasteiger partial charge is 0.259 e. The number of rotatable bonds is 7. The van der Waals surface area contributed by atoms with Crippen LogP contribution in [-0.2, 0) is 24.3 Å². The number of benzene rings is 1. The number of carbonyl (C=O) groups excluding carboxylic acids is 1. The lowest BCUT2D eigenvalue weighted by Gasteiger charge is -2.28. The first-order chi connectivity index (χ1) is 14.1. The summed E-state index contributed by atoms with van der Waals surface area (Å²) in [5.41, 5.74) is 3.03. The van der Waals surface area contributed by atoms with Crippen LogP contribution in [0.5, 0.6) is 0 Å². The van der Waals surface area contributed by atoms with Crippen LogP contribution in [-0.4, -0.2) is 35.1 Å². The lowest BCUT2D eigenvalue weighted by Crippen LogP contribution is -2.41. The molecule has 2 fully saturated rings. The summed E-state index contributed by atoms with van der Waals surface area (Å²) >= 11 is 0. The number of aryl methyl sites for hydroxylation is 2. The Hall–Kier alpha value is -2.40. The van der Waals surface area contributed by atoms with Crippen molar-refractivity contribution in [2.45, 2.75) is 58.2 Å². The first kappa shape index (κ1) is 19.9. The van der Waals surface area contributed by atoms with Gasteiger partial charge in [-0.2, -0.15) is 0 Å². The Labute approximate surface area is 172 Å². The van der Waals surface area contributed by atoms with Gasteiger partial charge in [-0.05, 0) is 50.5 Å². The number of hydrogen-bond acceptors (Lipinski definition) is 3. The molecule has 2 aromatic rings. The maximum Gasteiger partial charge on any atom is 0.259 e. The first-order valence-corrected chi connectivity index (χ1v) is 10.7. The molecule has 2 atom stereocenters. The van der Waals surface area contributed by atoms with Gasteiger partial charge in [-0.3, -0.25) is 9.59 Å². The highest BCUT2D eigenvalue weighted by molar-refractivity contribution is 5.95. The van der Waals surface area contributed by atoms with E-state index >= 15 is 0 Å². The second kappa shape index (κ2) is 8.54. The van der Waals surface area contributed by atoms with E-state index in [0.717, 1.165) is 50.2 Å². The summed E-state index contributed by atoms with van der Waals surface area (Å²) in [7, 11) is 1.62. The van der Waals surface area contributed by atoms with Gasteiger partial charge in [0.05, 0.1) is 12.3 Å². The number of fused-ring (bicyclic) bond motifs is 2. The molecule has 1 aromatic heterocycles. The molecule has 154 valence electrons. The standard InChI is InChI=1S/C24H30N2O3/c1-17-13-22(27)23(24(28)26-15-19-10-11-20(26)14-19)21(16-29-2)25(17)12-6-9-18-7-4-3-5-8-18/h3-5,7-8,13,19-20H,6,9-12,14-16H2,1-2H3/t19-,20+/m0/s1. The van der Waals surface area contributed by atoms with Crippen LogP contribution in [0.4, 0.5) is 0 Å². The van der Waals surface area contributed by atoms with E-state index in [2.05, 4.69) is 28.8 Å². The molecule has 2 heterocycles. The van der Waals surface area contributed by atoms with Crippen molar-refractivity contribution in [3.05, 3.63) is 69.1 Å². The third kappa shape index (κ3) is 4.01. The molecule has 2 aliphatic rings. The zero-order valence-corrected chi connectivity index (χ0v) is 17.4. The molecule has 1 saturated heterocycles. The molecule has 1 aliphatic heterocycles. The van der Waals surface area contributed by atoms with E-state index in [4.69, 9.17) is 4.74 Å². The Kier molecular flexibility index (Phi) is 5.86. The van der Waals surface area contributed by atoms with E-state index in [1.807, 2.05) is 17.9 Å². The molecule has 0 spiro atoms. The average molecular weight is 395 g/mol. The van der Waals surface area contributed by atoms with Crippen molar-refractivity contribution in [3.63, 3.8) is 0 Å². The van der Waals surface area contributed by atoms with Crippen molar-refractivity contribution < 1.29 is 9.53 Å². The van der Waals surface area contributed by atoms with Gasteiger partial charge in [-0.1, -0.05) is 30.3 Å². The van der Waals surface area contributed by atoms with Crippen molar-refractivity contribution in [2.75, 3.05) is 13.7 Å². The van der Waals surface area contributed by atoms with Gasteiger partial charge in [0.2, 0.25) is 0 Å². The van der Waals surface area contributed by atoms with Gasteiger partial charge in [0.25, 0.3) is 5.91 Å². The molecule has 1 saturated carbocycles. The fourth-order valence-corrected chi connectivity index (χ4v) is 5.06. The van der Waals surface area contributed by atoms with Gasteiger partial charge in [0, 0.05) is 38.0 Å². The van der Waals surface area contributed by atoms with Crippen LogP contribution in [0, 0.1) is 12.8 Å². The van der Waals surface area contributed by atoms with Gasteiger partial charge in [-0.15, -0.1) is 0 Å². The highest BCUT2D eigenvalue weighted by atomic mass is 16.5. The number of aromatic nitrogens is 1. The predicted molar refractivity (Wildman–Crippen MR) is 113 cm³/mol. The molecule has 2 bridgehead atoms. The summed E-state index contributed by atoms with van der Waals surface area (Å²) in [6.45, 7) is 3.75. The van der Waals surface area contributed by atoms with Crippen LogP contribution in [0.15, 0.2) is 41.2 Å². The van der Waals surface area contributed by atoms with Crippen molar-refractivity contribution in [2.24, 2.45) is 5.92 Å². The van der Waals surface area contributed by atoms with Crippen molar-refractivity contribution in [3.8, 4) is 0 Å². The van der Waals surface area contributed by atoms with Gasteiger partial charge in [0.1, 0.15) is 5.56 Å². The summed E-state index contributed by atoms with van der Waals surface area (Å²) < 4.78 is 7.53. The topological polar surface area (TPSA) is 51.5 Å². The van der Waals surface area contributed by atoms with Crippen LogP contribution in [0.3, 0.4) is 0 Å². The molecular formula is C24H30N2O3. The van der Waals surface area contributed by atoms with Gasteiger partial charge in [0.15, 0.2) is 5.43 Å². The molecule has 4 rings (SSSR count). The monoisotopic (exact) mass is 394 g/mol. The van der Waals surface area contributed by atoms with Gasteiger partial charge < -0.3 is 14.2 Å². The van der Waals surface area contributed by atoms with Gasteiger partial charge >= 0.3 is 0 Å². The minimum absolute atomic E-state index is 0.106. The summed E-state index contributed by atoms with van der Waals surface area (Å²) in [6, 6.07) is 12.3. The number of hydrogen-bond donors (Lipinski definition) is 0. The Morgan fingerprint density at radius 2 is 2.00 bits per heavy atom. The van der Waals surface area contributed by atoms with E-state index in [1.54, 1.807) is 13.2 Å². The number of nitrogens with zero attached hydrogens (tertiary/aromatic N) is 2. The van der Waals surface area contributed by atoms with Crippen molar-refractivity contribution in [1.29, 1.82) is 0 Å². The number of carbonyl (C=O) groups is 1. The second-order valence-electron chi connectivity index (χ2n) is 8.44. The minimum atomic E-state index is -0.179. The first-order valence-electron chi connectivity index (χ1n) is 10.7. The molecule has 5 heteroatoms. The Morgan fingerprint density at radius 3 is 2.66 bits per heavy atom. The molecule has 0 N–H and O–H groups in total. The number of methoxy groups -OCH3 is 1. The number of likely N-dealkylation sites (tertiary alicyclic amines) is 1. The number of piperidine rings is 1. The Bertz CT molecular complexity index is 935. The molecule has 0 unspecified atom stereocenters. The normalized spacial score (nSPS) is 20.4. The number of amides is 1. The van der Waals surface area contributed by atoms with Crippen LogP contribution in [0.2, 0.25) is 0 Å². The summed E-state index contributed by atoms with van der Waals surface area (Å²) in [4.78, 5) is 28.2. The zero-order valence-electron chi connectivity index (χ0n) is 17.4. The Balaban J connectivity index is 1.61. The molecular weight excluding hydrogens is 364 g/mol. The van der Waals surface area contributed by atoms with Crippen LogP contribution in [0.25, 0.3) is 0 Å². The van der Waals surface area contributed by atoms with Crippen LogP contribution in [0.1, 0.15) is 53.0 Å². The molecule has 1 aliphatic carbocycles. The van der Waals surface area contributed by atoms with E-state index < -0.39 is 0 Å². The van der Waals surface area contributed by atoms with Crippen LogP contribution < -0.4 is 5.43 Å². The highest BCUT2D eigenvalue weighted by Gasteiger charge is 2.41. The fourth-order valence-electron chi connectivity index (χ4n) is 5.06. The fraction of sp³-hybridized carbons (Fsp3) is 0.500. The largest absolute Gasteiger partial charge is 0.378 e. The summed E-state index contributed by atoms with van der Waals surface area (Å²) in [5, 5.41) is 0. The minimum Gasteiger partial charge on any atom is -0.378 e. The SMILES string of the molecule is COCc1c(C(=O)N2C[C@H]3CC[C@@H]2C3)c(=O)cc(C)n1CCCc1ccccc1. The van der Waals surface area contributed by atoms with E-state index in [9.17, 15) is 9.59 Å².